The molecule has 1 aliphatic carbocycles. The fraction of sp³-hybridized carbons (Fsp3) is 0.727. The predicted octanol–water partition coefficient (Wildman–Crippen LogP) is 1.72. The largest absolute Gasteiger partial charge is 0.308 e. The fourth-order valence-electron chi connectivity index (χ4n) is 1.64. The van der Waals surface area contributed by atoms with E-state index < -0.39 is 0 Å². The van der Waals surface area contributed by atoms with Crippen LogP contribution in [-0.2, 0) is 19.5 Å². The molecule has 0 spiro atoms. The van der Waals surface area contributed by atoms with Crippen LogP contribution < -0.4 is 5.32 Å². The molecule has 0 aromatic carbocycles. The minimum absolute atomic E-state index is 0.778. The minimum Gasteiger partial charge on any atom is -0.308 e. The summed E-state index contributed by atoms with van der Waals surface area (Å²) < 4.78 is 2.11. The second-order valence-electron chi connectivity index (χ2n) is 3.95. The Morgan fingerprint density at radius 2 is 2.29 bits per heavy atom. The van der Waals surface area contributed by atoms with Crippen molar-refractivity contribution in [3.8, 4) is 0 Å². The molecule has 1 aromatic rings. The number of aromatic nitrogens is 2. The van der Waals surface area contributed by atoms with Crippen LogP contribution >= 0.6 is 0 Å². The van der Waals surface area contributed by atoms with E-state index in [1.807, 2.05) is 0 Å². The van der Waals surface area contributed by atoms with E-state index in [9.17, 15) is 0 Å². The summed E-state index contributed by atoms with van der Waals surface area (Å²) in [7, 11) is 0. The quantitative estimate of drug-likeness (QED) is 0.771. The van der Waals surface area contributed by atoms with Gasteiger partial charge in [0.05, 0.1) is 11.4 Å². The maximum absolute atomic E-state index is 4.52. The van der Waals surface area contributed by atoms with Gasteiger partial charge in [-0.3, -0.25) is 4.68 Å². The van der Waals surface area contributed by atoms with E-state index in [1.54, 1.807) is 0 Å². The van der Waals surface area contributed by atoms with E-state index in [4.69, 9.17) is 0 Å². The van der Waals surface area contributed by atoms with Gasteiger partial charge in [0, 0.05) is 19.1 Å². The molecule has 0 unspecified atom stereocenters. The number of rotatable bonds is 5. The lowest BCUT2D eigenvalue weighted by molar-refractivity contribution is 0.576. The SMILES string of the molecule is CCc1cc(CNC2CC2)n(CC)n1. The Bertz CT molecular complexity index is 299. The third kappa shape index (κ3) is 2.15. The summed E-state index contributed by atoms with van der Waals surface area (Å²) in [6.45, 7) is 6.25. The minimum atomic E-state index is 0.778. The first-order chi connectivity index (χ1) is 6.83. The Balaban J connectivity index is 2.00. The van der Waals surface area contributed by atoms with Crippen LogP contribution in [0.25, 0.3) is 0 Å². The second kappa shape index (κ2) is 4.13. The highest BCUT2D eigenvalue weighted by Gasteiger charge is 2.20. The van der Waals surface area contributed by atoms with Gasteiger partial charge in [0.2, 0.25) is 0 Å². The first kappa shape index (κ1) is 9.71. The van der Waals surface area contributed by atoms with Crippen molar-refractivity contribution in [3.05, 3.63) is 17.5 Å². The van der Waals surface area contributed by atoms with Gasteiger partial charge in [-0.05, 0) is 32.3 Å². The number of aryl methyl sites for hydroxylation is 2. The van der Waals surface area contributed by atoms with Gasteiger partial charge in [0.15, 0.2) is 0 Å². The van der Waals surface area contributed by atoms with Gasteiger partial charge in [-0.15, -0.1) is 0 Å². The molecular weight excluding hydrogens is 174 g/mol. The molecule has 3 heteroatoms. The van der Waals surface area contributed by atoms with Crippen molar-refractivity contribution in [3.63, 3.8) is 0 Å². The van der Waals surface area contributed by atoms with E-state index in [1.165, 1.54) is 24.2 Å². The molecule has 0 atom stereocenters. The highest BCUT2D eigenvalue weighted by atomic mass is 15.3. The Labute approximate surface area is 85.5 Å². The van der Waals surface area contributed by atoms with E-state index in [0.717, 1.165) is 25.6 Å². The van der Waals surface area contributed by atoms with Crippen LogP contribution in [0.5, 0.6) is 0 Å². The van der Waals surface area contributed by atoms with Gasteiger partial charge in [0.1, 0.15) is 0 Å². The van der Waals surface area contributed by atoms with Gasteiger partial charge < -0.3 is 5.32 Å². The molecule has 1 saturated carbocycles. The Hall–Kier alpha value is -0.830. The van der Waals surface area contributed by atoms with Crippen molar-refractivity contribution in [1.29, 1.82) is 0 Å². The molecule has 1 N–H and O–H groups in total. The third-order valence-electron chi connectivity index (χ3n) is 2.72. The lowest BCUT2D eigenvalue weighted by Gasteiger charge is -2.04. The summed E-state index contributed by atoms with van der Waals surface area (Å²) >= 11 is 0. The molecule has 1 aliphatic rings. The molecule has 0 bridgehead atoms. The van der Waals surface area contributed by atoms with Crippen molar-refractivity contribution in [2.75, 3.05) is 0 Å². The monoisotopic (exact) mass is 193 g/mol. The number of nitrogens with one attached hydrogen (secondary N) is 1. The topological polar surface area (TPSA) is 29.9 Å². The molecule has 2 rings (SSSR count). The van der Waals surface area contributed by atoms with E-state index in [0.29, 0.717) is 0 Å². The summed E-state index contributed by atoms with van der Waals surface area (Å²) in [5, 5.41) is 8.05. The Kier molecular flexibility index (Phi) is 2.87. The van der Waals surface area contributed by atoms with Crippen molar-refractivity contribution in [2.45, 2.75) is 52.2 Å². The maximum atomic E-state index is 4.52. The maximum Gasteiger partial charge on any atom is 0.0625 e. The summed E-state index contributed by atoms with van der Waals surface area (Å²) in [5.41, 5.74) is 2.54. The van der Waals surface area contributed by atoms with Crippen LogP contribution in [0, 0.1) is 0 Å². The van der Waals surface area contributed by atoms with Crippen LogP contribution in [0.15, 0.2) is 6.07 Å². The van der Waals surface area contributed by atoms with E-state index in [-0.39, 0.29) is 0 Å². The second-order valence-corrected chi connectivity index (χ2v) is 3.95. The predicted molar refractivity (Wildman–Crippen MR) is 57.1 cm³/mol. The van der Waals surface area contributed by atoms with Gasteiger partial charge >= 0.3 is 0 Å². The molecule has 14 heavy (non-hydrogen) atoms. The lowest BCUT2D eigenvalue weighted by atomic mass is 10.3. The molecule has 1 heterocycles. The summed E-state index contributed by atoms with van der Waals surface area (Å²) in [5.74, 6) is 0. The Morgan fingerprint density at radius 3 is 2.86 bits per heavy atom. The first-order valence-electron chi connectivity index (χ1n) is 5.62. The van der Waals surface area contributed by atoms with Crippen LogP contribution in [-0.4, -0.2) is 15.8 Å². The standard InChI is InChI=1S/C11H19N3/c1-3-9-7-11(14(4-2)13-9)8-12-10-5-6-10/h7,10,12H,3-6,8H2,1-2H3. The molecule has 78 valence electrons. The zero-order chi connectivity index (χ0) is 9.97. The van der Waals surface area contributed by atoms with Gasteiger partial charge in [-0.25, -0.2) is 0 Å². The highest BCUT2D eigenvalue weighted by Crippen LogP contribution is 2.19. The van der Waals surface area contributed by atoms with Crippen molar-refractivity contribution >= 4 is 0 Å². The van der Waals surface area contributed by atoms with E-state index in [2.05, 4.69) is 35.0 Å². The van der Waals surface area contributed by atoms with Crippen LogP contribution in [0.1, 0.15) is 38.1 Å². The average molecular weight is 193 g/mol. The zero-order valence-electron chi connectivity index (χ0n) is 9.08. The van der Waals surface area contributed by atoms with Gasteiger partial charge in [-0.1, -0.05) is 6.92 Å². The number of nitrogens with zero attached hydrogens (tertiary/aromatic N) is 2. The molecular formula is C11H19N3. The zero-order valence-corrected chi connectivity index (χ0v) is 9.08. The van der Waals surface area contributed by atoms with E-state index >= 15 is 0 Å². The normalized spacial score (nSPS) is 16.1. The summed E-state index contributed by atoms with van der Waals surface area (Å²) in [6.07, 6.45) is 3.73. The third-order valence-corrected chi connectivity index (χ3v) is 2.72. The highest BCUT2D eigenvalue weighted by molar-refractivity contribution is 5.10. The molecule has 3 nitrogen and oxygen atoms in total. The van der Waals surface area contributed by atoms with Gasteiger partial charge in [-0.2, -0.15) is 5.10 Å². The lowest BCUT2D eigenvalue weighted by Crippen LogP contribution is -2.18. The number of hydrogen-bond donors (Lipinski definition) is 1. The van der Waals surface area contributed by atoms with Gasteiger partial charge in [0.25, 0.3) is 0 Å². The molecule has 0 aliphatic heterocycles. The first-order valence-corrected chi connectivity index (χ1v) is 5.62. The van der Waals surface area contributed by atoms with Crippen LogP contribution in [0.4, 0.5) is 0 Å². The van der Waals surface area contributed by atoms with Crippen LogP contribution in [0.3, 0.4) is 0 Å². The molecule has 1 aromatic heterocycles. The van der Waals surface area contributed by atoms with Crippen molar-refractivity contribution < 1.29 is 0 Å². The Morgan fingerprint density at radius 1 is 1.50 bits per heavy atom. The summed E-state index contributed by atoms with van der Waals surface area (Å²) in [4.78, 5) is 0. The van der Waals surface area contributed by atoms with Crippen LogP contribution in [0.2, 0.25) is 0 Å². The average Bonchev–Trinajstić information content (AvgIpc) is 2.95. The molecule has 0 amide bonds. The molecule has 0 saturated heterocycles. The van der Waals surface area contributed by atoms with Crippen molar-refractivity contribution in [1.82, 2.24) is 15.1 Å². The fourth-order valence-corrected chi connectivity index (χ4v) is 1.64. The van der Waals surface area contributed by atoms with Crippen molar-refractivity contribution in [2.24, 2.45) is 0 Å². The molecule has 1 fully saturated rings. The smallest absolute Gasteiger partial charge is 0.0625 e. The number of hydrogen-bond acceptors (Lipinski definition) is 2. The molecule has 0 radical (unpaired) electrons. The summed E-state index contributed by atoms with van der Waals surface area (Å²) in [6, 6.07) is 3.00.